The van der Waals surface area contributed by atoms with Crippen molar-refractivity contribution in [2.24, 2.45) is 0 Å². The van der Waals surface area contributed by atoms with E-state index in [2.05, 4.69) is 10.7 Å². The summed E-state index contributed by atoms with van der Waals surface area (Å²) in [5, 5.41) is 2.70. The Morgan fingerprint density at radius 1 is 1.08 bits per heavy atom. The zero-order valence-corrected chi connectivity index (χ0v) is 14.4. The van der Waals surface area contributed by atoms with Gasteiger partial charge in [-0.15, -0.1) is 0 Å². The van der Waals surface area contributed by atoms with Crippen molar-refractivity contribution in [1.82, 2.24) is 9.99 Å². The first-order valence-electron chi connectivity index (χ1n) is 7.93. The van der Waals surface area contributed by atoms with E-state index in [0.717, 1.165) is 11.4 Å². The highest BCUT2D eigenvalue weighted by atomic mass is 16.5. The lowest BCUT2D eigenvalue weighted by Gasteiger charge is -2.15. The van der Waals surface area contributed by atoms with Gasteiger partial charge in [0, 0.05) is 23.5 Å². The molecular formula is C18H23N3O3. The third-order valence-corrected chi connectivity index (χ3v) is 3.63. The topological polar surface area (TPSA) is 72.4 Å². The van der Waals surface area contributed by atoms with Crippen LogP contribution in [-0.4, -0.2) is 29.1 Å². The van der Waals surface area contributed by atoms with Gasteiger partial charge in [0.25, 0.3) is 11.8 Å². The lowest BCUT2D eigenvalue weighted by molar-refractivity contribution is -0.127. The van der Waals surface area contributed by atoms with Gasteiger partial charge in [0.2, 0.25) is 0 Å². The molecule has 2 rings (SSSR count). The number of aromatic nitrogens is 1. The van der Waals surface area contributed by atoms with Crippen molar-refractivity contribution >= 4 is 11.8 Å². The molecule has 2 amide bonds. The summed E-state index contributed by atoms with van der Waals surface area (Å²) >= 11 is 0. The highest BCUT2D eigenvalue weighted by molar-refractivity contribution is 6.00. The Bertz CT molecular complexity index is 700. The van der Waals surface area contributed by atoms with Crippen LogP contribution >= 0.6 is 0 Å². The average Bonchev–Trinajstić information content (AvgIpc) is 2.87. The molecule has 2 N–H and O–H groups in total. The van der Waals surface area contributed by atoms with Gasteiger partial charge in [0.05, 0.1) is 0 Å². The number of nitrogens with one attached hydrogen (secondary N) is 2. The van der Waals surface area contributed by atoms with Crippen molar-refractivity contribution in [2.45, 2.75) is 33.8 Å². The zero-order chi connectivity index (χ0) is 17.7. The largest absolute Gasteiger partial charge is 0.481 e. The van der Waals surface area contributed by atoms with E-state index in [4.69, 9.17) is 4.74 Å². The van der Waals surface area contributed by atoms with Gasteiger partial charge in [-0.05, 0) is 64.1 Å². The Balaban J connectivity index is 2.01. The van der Waals surface area contributed by atoms with E-state index in [1.807, 2.05) is 32.9 Å². The van der Waals surface area contributed by atoms with E-state index in [0.29, 0.717) is 17.9 Å². The summed E-state index contributed by atoms with van der Waals surface area (Å²) in [4.78, 5) is 24.0. The monoisotopic (exact) mass is 329 g/mol. The summed E-state index contributed by atoms with van der Waals surface area (Å²) in [6.07, 6.45) is -0.588. The number of benzene rings is 1. The minimum Gasteiger partial charge on any atom is -0.481 e. The molecule has 6 heteroatoms. The lowest BCUT2D eigenvalue weighted by Crippen LogP contribution is -2.36. The molecule has 0 aliphatic rings. The van der Waals surface area contributed by atoms with E-state index in [1.54, 1.807) is 35.9 Å². The van der Waals surface area contributed by atoms with E-state index in [1.165, 1.54) is 0 Å². The van der Waals surface area contributed by atoms with Crippen LogP contribution in [0.3, 0.4) is 0 Å². The normalized spacial score (nSPS) is 11.7. The van der Waals surface area contributed by atoms with Crippen LogP contribution in [0, 0.1) is 13.8 Å². The smallest absolute Gasteiger partial charge is 0.270 e. The summed E-state index contributed by atoms with van der Waals surface area (Å²) in [6.45, 7) is 7.94. The molecule has 24 heavy (non-hydrogen) atoms. The van der Waals surface area contributed by atoms with Crippen LogP contribution < -0.4 is 15.5 Å². The fraction of sp³-hybridized carbons (Fsp3) is 0.333. The number of ether oxygens (including phenoxy) is 1. The Morgan fingerprint density at radius 2 is 1.67 bits per heavy atom. The Hall–Kier alpha value is -2.76. The molecule has 128 valence electrons. The van der Waals surface area contributed by atoms with Gasteiger partial charge in [0.15, 0.2) is 6.10 Å². The van der Waals surface area contributed by atoms with Crippen molar-refractivity contribution < 1.29 is 14.3 Å². The van der Waals surface area contributed by atoms with Crippen LogP contribution in [0.4, 0.5) is 0 Å². The predicted octanol–water partition coefficient (Wildman–Crippen LogP) is 2.39. The van der Waals surface area contributed by atoms with Crippen LogP contribution in [0.5, 0.6) is 5.75 Å². The molecule has 0 aliphatic carbocycles. The Kier molecular flexibility index (Phi) is 5.63. The number of likely N-dealkylation sites (N-methyl/N-ethyl adjacent to an activating group) is 1. The molecular weight excluding hydrogens is 306 g/mol. The number of hydrogen-bond acceptors (Lipinski definition) is 3. The summed E-state index contributed by atoms with van der Waals surface area (Å²) in [5.41, 5.74) is 5.27. The van der Waals surface area contributed by atoms with Gasteiger partial charge in [-0.25, -0.2) is 0 Å². The van der Waals surface area contributed by atoms with E-state index < -0.39 is 6.10 Å². The lowest BCUT2D eigenvalue weighted by atomic mass is 10.2. The maximum Gasteiger partial charge on any atom is 0.270 e. The molecule has 0 fully saturated rings. The molecule has 2 aromatic rings. The first-order valence-corrected chi connectivity index (χ1v) is 7.93. The maximum absolute atomic E-state index is 12.3. The molecule has 6 nitrogen and oxygen atoms in total. The number of hydrogen-bond donors (Lipinski definition) is 2. The standard InChI is InChI=1S/C18H23N3O3/c1-5-19-17(22)14(4)24-16-10-8-15(9-11-16)18(23)20-21-12(2)6-7-13(21)3/h6-11,14H,5H2,1-4H3,(H,19,22)(H,20,23)/t14-/m0/s1. The van der Waals surface area contributed by atoms with Crippen LogP contribution in [0.1, 0.15) is 35.6 Å². The summed E-state index contributed by atoms with van der Waals surface area (Å²) in [5.74, 6) is 0.164. The number of amides is 2. The van der Waals surface area contributed by atoms with Gasteiger partial charge >= 0.3 is 0 Å². The summed E-state index contributed by atoms with van der Waals surface area (Å²) in [6, 6.07) is 10.6. The van der Waals surface area contributed by atoms with Gasteiger partial charge in [-0.3, -0.25) is 19.7 Å². The van der Waals surface area contributed by atoms with Crippen molar-refractivity contribution in [3.8, 4) is 5.75 Å². The van der Waals surface area contributed by atoms with Crippen molar-refractivity contribution in [2.75, 3.05) is 12.0 Å². The van der Waals surface area contributed by atoms with Gasteiger partial charge in [-0.2, -0.15) is 0 Å². The molecule has 0 radical (unpaired) electrons. The second-order valence-electron chi connectivity index (χ2n) is 5.57. The molecule has 1 atom stereocenters. The van der Waals surface area contributed by atoms with E-state index in [9.17, 15) is 9.59 Å². The van der Waals surface area contributed by atoms with Crippen LogP contribution in [0.25, 0.3) is 0 Å². The first-order chi connectivity index (χ1) is 11.4. The fourth-order valence-corrected chi connectivity index (χ4v) is 2.27. The molecule has 0 bridgehead atoms. The van der Waals surface area contributed by atoms with Gasteiger partial charge < -0.3 is 10.1 Å². The van der Waals surface area contributed by atoms with E-state index >= 15 is 0 Å². The third kappa shape index (κ3) is 4.16. The number of aryl methyl sites for hydroxylation is 2. The second-order valence-corrected chi connectivity index (χ2v) is 5.57. The highest BCUT2D eigenvalue weighted by Crippen LogP contribution is 2.15. The molecule has 0 saturated heterocycles. The zero-order valence-electron chi connectivity index (χ0n) is 14.4. The van der Waals surface area contributed by atoms with Crippen molar-refractivity contribution in [1.29, 1.82) is 0 Å². The van der Waals surface area contributed by atoms with Gasteiger partial charge in [-0.1, -0.05) is 0 Å². The summed E-state index contributed by atoms with van der Waals surface area (Å²) in [7, 11) is 0. The number of carbonyl (C=O) groups is 2. The van der Waals surface area contributed by atoms with E-state index in [-0.39, 0.29) is 11.8 Å². The predicted molar refractivity (Wildman–Crippen MR) is 92.8 cm³/mol. The molecule has 0 aliphatic heterocycles. The van der Waals surface area contributed by atoms with Crippen LogP contribution in [0.15, 0.2) is 36.4 Å². The Morgan fingerprint density at radius 3 is 2.21 bits per heavy atom. The quantitative estimate of drug-likeness (QED) is 0.855. The average molecular weight is 329 g/mol. The van der Waals surface area contributed by atoms with Crippen LogP contribution in [0.2, 0.25) is 0 Å². The Labute approximate surface area is 141 Å². The maximum atomic E-state index is 12.3. The number of nitrogens with zero attached hydrogens (tertiary/aromatic N) is 1. The molecule has 0 unspecified atom stereocenters. The molecule has 0 spiro atoms. The first kappa shape index (κ1) is 17.6. The molecule has 1 heterocycles. The third-order valence-electron chi connectivity index (χ3n) is 3.63. The van der Waals surface area contributed by atoms with Crippen molar-refractivity contribution in [3.05, 3.63) is 53.3 Å². The highest BCUT2D eigenvalue weighted by Gasteiger charge is 2.14. The number of rotatable bonds is 6. The van der Waals surface area contributed by atoms with Crippen molar-refractivity contribution in [3.63, 3.8) is 0 Å². The molecule has 1 aromatic carbocycles. The molecule has 0 saturated carbocycles. The number of carbonyl (C=O) groups excluding carboxylic acids is 2. The van der Waals surface area contributed by atoms with Crippen LogP contribution in [-0.2, 0) is 4.79 Å². The molecule has 1 aromatic heterocycles. The van der Waals surface area contributed by atoms with Gasteiger partial charge in [0.1, 0.15) is 5.75 Å². The fourth-order valence-electron chi connectivity index (χ4n) is 2.27. The minimum absolute atomic E-state index is 0.169. The minimum atomic E-state index is -0.588. The second kappa shape index (κ2) is 7.68. The summed E-state index contributed by atoms with van der Waals surface area (Å²) < 4.78 is 7.30. The SMILES string of the molecule is CCNC(=O)[C@H](C)Oc1ccc(C(=O)Nn2c(C)ccc2C)cc1.